The van der Waals surface area contributed by atoms with Crippen molar-refractivity contribution < 1.29 is 19.0 Å². The van der Waals surface area contributed by atoms with Gasteiger partial charge in [-0.05, 0) is 42.8 Å². The van der Waals surface area contributed by atoms with Crippen LogP contribution < -0.4 is 19.0 Å². The second-order valence-corrected chi connectivity index (χ2v) is 6.89. The van der Waals surface area contributed by atoms with Crippen molar-refractivity contribution in [3.05, 3.63) is 46.8 Å². The van der Waals surface area contributed by atoms with Crippen molar-refractivity contribution in [3.8, 4) is 17.2 Å². The average molecular weight is 370 g/mol. The second-order valence-electron chi connectivity index (χ2n) is 5.88. The van der Waals surface area contributed by atoms with Gasteiger partial charge in [0.25, 0.3) is 5.91 Å². The number of carbonyl (C=O) groups is 1. The Morgan fingerprint density at radius 3 is 2.92 bits per heavy atom. The Bertz CT molecular complexity index is 1050. The summed E-state index contributed by atoms with van der Waals surface area (Å²) in [5.74, 6) is 2.00. The van der Waals surface area contributed by atoms with Crippen LogP contribution in [-0.2, 0) is 18.3 Å². The molecule has 0 fully saturated rings. The van der Waals surface area contributed by atoms with Gasteiger partial charge in [0.1, 0.15) is 5.75 Å². The number of ether oxygens (including phenoxy) is 3. The van der Waals surface area contributed by atoms with E-state index in [1.807, 2.05) is 54.9 Å². The van der Waals surface area contributed by atoms with E-state index in [9.17, 15) is 4.79 Å². The molecule has 0 saturated heterocycles. The summed E-state index contributed by atoms with van der Waals surface area (Å²) < 4.78 is 19.1. The molecule has 0 unspecified atom stereocenters. The number of hydrogen-bond donors (Lipinski definition) is 0. The van der Waals surface area contributed by atoms with Crippen molar-refractivity contribution >= 4 is 27.5 Å². The van der Waals surface area contributed by atoms with Gasteiger partial charge in [-0.15, -0.1) is 0 Å². The van der Waals surface area contributed by atoms with Gasteiger partial charge in [0.2, 0.25) is 6.79 Å². The fourth-order valence-electron chi connectivity index (χ4n) is 2.85. The minimum atomic E-state index is -0.198. The lowest BCUT2D eigenvalue weighted by atomic mass is 10.1. The number of benzene rings is 2. The van der Waals surface area contributed by atoms with Crippen LogP contribution >= 0.6 is 11.3 Å². The summed E-state index contributed by atoms with van der Waals surface area (Å²) in [6, 6.07) is 11.4. The predicted octanol–water partition coefficient (Wildman–Crippen LogP) is 3.04. The van der Waals surface area contributed by atoms with Crippen molar-refractivity contribution in [2.45, 2.75) is 13.3 Å². The summed E-state index contributed by atoms with van der Waals surface area (Å²) in [5, 5.41) is 0. The van der Waals surface area contributed by atoms with Crippen LogP contribution in [0.2, 0.25) is 0 Å². The number of hydrogen-bond acceptors (Lipinski definition) is 5. The summed E-state index contributed by atoms with van der Waals surface area (Å²) in [6.07, 6.45) is 0.217. The van der Waals surface area contributed by atoms with Crippen molar-refractivity contribution in [1.82, 2.24) is 4.57 Å². The molecule has 1 aliphatic heterocycles. The van der Waals surface area contributed by atoms with Crippen LogP contribution in [0.5, 0.6) is 17.2 Å². The monoisotopic (exact) mass is 370 g/mol. The fourth-order valence-corrected chi connectivity index (χ4v) is 3.91. The van der Waals surface area contributed by atoms with Crippen LogP contribution in [0.25, 0.3) is 10.2 Å². The molecule has 0 spiro atoms. The Labute approximate surface area is 154 Å². The number of rotatable bonds is 4. The van der Waals surface area contributed by atoms with E-state index in [4.69, 9.17) is 14.2 Å². The molecule has 0 atom stereocenters. The molecule has 0 N–H and O–H groups in total. The van der Waals surface area contributed by atoms with E-state index in [0.717, 1.165) is 21.5 Å². The van der Waals surface area contributed by atoms with Gasteiger partial charge in [0.15, 0.2) is 16.3 Å². The molecule has 1 aliphatic rings. The molecule has 4 rings (SSSR count). The first-order valence-electron chi connectivity index (χ1n) is 8.32. The Balaban J connectivity index is 1.60. The first-order chi connectivity index (χ1) is 12.6. The number of nitrogens with zero attached hydrogens (tertiary/aromatic N) is 2. The molecule has 134 valence electrons. The van der Waals surface area contributed by atoms with E-state index in [-0.39, 0.29) is 19.1 Å². The van der Waals surface area contributed by atoms with Gasteiger partial charge in [-0.3, -0.25) is 4.79 Å². The molecule has 6 nitrogen and oxygen atoms in total. The van der Waals surface area contributed by atoms with Gasteiger partial charge in [-0.1, -0.05) is 17.4 Å². The molecular formula is C19H18N2O4S. The van der Waals surface area contributed by atoms with Crippen molar-refractivity contribution in [3.63, 3.8) is 0 Å². The summed E-state index contributed by atoms with van der Waals surface area (Å²) in [4.78, 5) is 17.4. The average Bonchev–Trinajstić information content (AvgIpc) is 3.20. The molecule has 0 bridgehead atoms. The maximum Gasteiger partial charge on any atom is 0.252 e. The highest BCUT2D eigenvalue weighted by molar-refractivity contribution is 7.16. The van der Waals surface area contributed by atoms with Crippen LogP contribution in [0.3, 0.4) is 0 Å². The molecule has 1 aromatic heterocycles. The third-order valence-corrected chi connectivity index (χ3v) is 5.20. The predicted molar refractivity (Wildman–Crippen MR) is 98.8 cm³/mol. The third kappa shape index (κ3) is 3.17. The minimum absolute atomic E-state index is 0.198. The summed E-state index contributed by atoms with van der Waals surface area (Å²) in [5.41, 5.74) is 1.87. The zero-order valence-corrected chi connectivity index (χ0v) is 15.3. The highest BCUT2D eigenvalue weighted by atomic mass is 32.1. The summed E-state index contributed by atoms with van der Waals surface area (Å²) >= 11 is 1.47. The first kappa shape index (κ1) is 16.7. The highest BCUT2D eigenvalue weighted by Gasteiger charge is 2.14. The van der Waals surface area contributed by atoms with E-state index in [0.29, 0.717) is 22.9 Å². The molecule has 7 heteroatoms. The van der Waals surface area contributed by atoms with E-state index >= 15 is 0 Å². The smallest absolute Gasteiger partial charge is 0.252 e. The maximum absolute atomic E-state index is 12.4. The normalized spacial score (nSPS) is 13.4. The molecule has 3 aromatic rings. The first-order valence-corrected chi connectivity index (χ1v) is 9.14. The Kier molecular flexibility index (Phi) is 4.38. The van der Waals surface area contributed by atoms with Crippen LogP contribution in [0.4, 0.5) is 0 Å². The van der Waals surface area contributed by atoms with E-state index in [1.165, 1.54) is 11.3 Å². The standard InChI is InChI=1S/C19H18N2O4S/c1-3-23-13-5-6-14-17(10-13)26-19(21(14)2)20-18(22)9-12-4-7-15-16(8-12)25-11-24-15/h4-8,10H,3,9,11H2,1-2H3. The van der Waals surface area contributed by atoms with Gasteiger partial charge >= 0.3 is 0 Å². The van der Waals surface area contributed by atoms with Crippen LogP contribution in [-0.4, -0.2) is 23.9 Å². The van der Waals surface area contributed by atoms with Crippen LogP contribution in [0.15, 0.2) is 41.4 Å². The molecule has 0 aliphatic carbocycles. The van der Waals surface area contributed by atoms with Gasteiger partial charge < -0.3 is 18.8 Å². The van der Waals surface area contributed by atoms with Gasteiger partial charge in [-0.2, -0.15) is 4.99 Å². The lowest BCUT2D eigenvalue weighted by molar-refractivity contribution is -0.117. The molecule has 0 radical (unpaired) electrons. The van der Waals surface area contributed by atoms with Gasteiger partial charge in [-0.25, -0.2) is 0 Å². The van der Waals surface area contributed by atoms with Gasteiger partial charge in [0, 0.05) is 7.05 Å². The lowest BCUT2D eigenvalue weighted by Gasteiger charge is -2.02. The molecule has 2 heterocycles. The van der Waals surface area contributed by atoms with Crippen molar-refractivity contribution in [2.75, 3.05) is 13.4 Å². The van der Waals surface area contributed by atoms with Gasteiger partial charge in [0.05, 0.1) is 23.2 Å². The topological polar surface area (TPSA) is 62.1 Å². The van der Waals surface area contributed by atoms with E-state index < -0.39 is 0 Å². The largest absolute Gasteiger partial charge is 0.494 e. The van der Waals surface area contributed by atoms with Crippen LogP contribution in [0, 0.1) is 0 Å². The molecule has 2 aromatic carbocycles. The number of aromatic nitrogens is 1. The SMILES string of the molecule is CCOc1ccc2c(c1)sc(=NC(=O)Cc1ccc3c(c1)OCO3)n2C. The molecule has 26 heavy (non-hydrogen) atoms. The van der Waals surface area contributed by atoms with Crippen molar-refractivity contribution in [1.29, 1.82) is 0 Å². The molecule has 1 amide bonds. The summed E-state index contributed by atoms with van der Waals surface area (Å²) in [6.45, 7) is 2.79. The zero-order chi connectivity index (χ0) is 18.1. The number of aryl methyl sites for hydroxylation is 1. The highest BCUT2D eigenvalue weighted by Crippen LogP contribution is 2.32. The maximum atomic E-state index is 12.4. The number of fused-ring (bicyclic) bond motifs is 2. The fraction of sp³-hybridized carbons (Fsp3) is 0.263. The quantitative estimate of drug-likeness (QED) is 0.708. The third-order valence-electron chi connectivity index (χ3n) is 4.10. The summed E-state index contributed by atoms with van der Waals surface area (Å²) in [7, 11) is 1.91. The number of thiazole rings is 1. The number of amides is 1. The Morgan fingerprint density at radius 2 is 2.08 bits per heavy atom. The Hall–Kier alpha value is -2.80. The molecular weight excluding hydrogens is 352 g/mol. The minimum Gasteiger partial charge on any atom is -0.494 e. The van der Waals surface area contributed by atoms with Crippen LogP contribution in [0.1, 0.15) is 12.5 Å². The van der Waals surface area contributed by atoms with E-state index in [2.05, 4.69) is 4.99 Å². The second kappa shape index (κ2) is 6.84. The number of carbonyl (C=O) groups excluding carboxylic acids is 1. The Morgan fingerprint density at radius 1 is 1.23 bits per heavy atom. The van der Waals surface area contributed by atoms with E-state index in [1.54, 1.807) is 0 Å². The molecule has 0 saturated carbocycles. The van der Waals surface area contributed by atoms with Crippen molar-refractivity contribution in [2.24, 2.45) is 12.0 Å². The lowest BCUT2D eigenvalue weighted by Crippen LogP contribution is -2.14. The zero-order valence-electron chi connectivity index (χ0n) is 14.5.